The number of hydrogen-bond donors (Lipinski definition) is 3. The van der Waals surface area contributed by atoms with Gasteiger partial charge < -0.3 is 16.0 Å². The molecule has 1 saturated heterocycles. The summed E-state index contributed by atoms with van der Waals surface area (Å²) in [5.41, 5.74) is 0.622. The SMILES string of the molecule is CNCCCNC(=O)CN1C(=O)NC(C)(c2ccc(C)cc2)C1=O. The Balaban J connectivity index is 2.03. The number of nitrogens with one attached hydrogen (secondary N) is 3. The van der Waals surface area contributed by atoms with Gasteiger partial charge in [0.1, 0.15) is 12.1 Å². The molecule has 0 aromatic heterocycles. The Morgan fingerprint density at radius 3 is 2.50 bits per heavy atom. The molecule has 0 saturated carbocycles. The summed E-state index contributed by atoms with van der Waals surface area (Å²) in [6.45, 7) is 4.62. The molecule has 0 radical (unpaired) electrons. The van der Waals surface area contributed by atoms with E-state index < -0.39 is 17.5 Å². The number of rotatable bonds is 7. The zero-order valence-electron chi connectivity index (χ0n) is 14.3. The Hall–Kier alpha value is -2.41. The van der Waals surface area contributed by atoms with Crippen molar-refractivity contribution in [2.45, 2.75) is 25.8 Å². The number of carbonyl (C=O) groups excluding carboxylic acids is 3. The molecule has 0 spiro atoms. The second-order valence-electron chi connectivity index (χ2n) is 6.12. The first-order chi connectivity index (χ1) is 11.4. The smallest absolute Gasteiger partial charge is 0.325 e. The van der Waals surface area contributed by atoms with Crippen molar-refractivity contribution in [3.8, 4) is 0 Å². The van der Waals surface area contributed by atoms with E-state index in [1.807, 2.05) is 38.2 Å². The lowest BCUT2D eigenvalue weighted by Gasteiger charge is -2.22. The molecular weight excluding hydrogens is 308 g/mol. The minimum atomic E-state index is -1.14. The molecule has 1 aromatic rings. The van der Waals surface area contributed by atoms with E-state index in [-0.39, 0.29) is 12.5 Å². The summed E-state index contributed by atoms with van der Waals surface area (Å²) < 4.78 is 0. The number of imide groups is 1. The fraction of sp³-hybridized carbons (Fsp3) is 0.471. The molecule has 4 amide bonds. The van der Waals surface area contributed by atoms with Crippen LogP contribution < -0.4 is 16.0 Å². The summed E-state index contributed by atoms with van der Waals surface area (Å²) >= 11 is 0. The van der Waals surface area contributed by atoms with Crippen molar-refractivity contribution in [2.24, 2.45) is 0 Å². The molecule has 1 unspecified atom stereocenters. The van der Waals surface area contributed by atoms with Gasteiger partial charge in [-0.3, -0.25) is 14.5 Å². The molecule has 24 heavy (non-hydrogen) atoms. The van der Waals surface area contributed by atoms with E-state index in [2.05, 4.69) is 16.0 Å². The topological polar surface area (TPSA) is 90.5 Å². The molecule has 0 aliphatic carbocycles. The highest BCUT2D eigenvalue weighted by Crippen LogP contribution is 2.28. The van der Waals surface area contributed by atoms with E-state index in [1.165, 1.54) is 0 Å². The van der Waals surface area contributed by atoms with E-state index in [0.717, 1.165) is 23.4 Å². The number of urea groups is 1. The first kappa shape index (κ1) is 17.9. The Labute approximate surface area is 141 Å². The van der Waals surface area contributed by atoms with Crippen molar-refractivity contribution < 1.29 is 14.4 Å². The number of carbonyl (C=O) groups is 3. The van der Waals surface area contributed by atoms with Crippen molar-refractivity contribution in [3.63, 3.8) is 0 Å². The quantitative estimate of drug-likeness (QED) is 0.501. The second-order valence-corrected chi connectivity index (χ2v) is 6.12. The maximum Gasteiger partial charge on any atom is 0.325 e. The normalized spacial score (nSPS) is 20.2. The van der Waals surface area contributed by atoms with E-state index in [9.17, 15) is 14.4 Å². The van der Waals surface area contributed by atoms with Crippen LogP contribution in [0.15, 0.2) is 24.3 Å². The minimum Gasteiger partial charge on any atom is -0.354 e. The first-order valence-electron chi connectivity index (χ1n) is 8.01. The van der Waals surface area contributed by atoms with Gasteiger partial charge in [0.25, 0.3) is 5.91 Å². The Kier molecular flexibility index (Phi) is 5.56. The first-order valence-corrected chi connectivity index (χ1v) is 8.01. The summed E-state index contributed by atoms with van der Waals surface area (Å²) in [4.78, 5) is 37.7. The van der Waals surface area contributed by atoms with Gasteiger partial charge in [-0.1, -0.05) is 29.8 Å². The lowest BCUT2D eigenvalue weighted by Crippen LogP contribution is -2.43. The zero-order chi connectivity index (χ0) is 17.7. The van der Waals surface area contributed by atoms with Crippen LogP contribution in [0.3, 0.4) is 0 Å². The highest BCUT2D eigenvalue weighted by molar-refractivity contribution is 6.09. The highest BCUT2D eigenvalue weighted by Gasteiger charge is 2.49. The number of hydrogen-bond acceptors (Lipinski definition) is 4. The monoisotopic (exact) mass is 332 g/mol. The van der Waals surface area contributed by atoms with Crippen molar-refractivity contribution >= 4 is 17.8 Å². The lowest BCUT2D eigenvalue weighted by molar-refractivity contribution is -0.134. The van der Waals surface area contributed by atoms with Gasteiger partial charge in [0, 0.05) is 6.54 Å². The highest BCUT2D eigenvalue weighted by atomic mass is 16.2. The van der Waals surface area contributed by atoms with E-state index in [4.69, 9.17) is 0 Å². The van der Waals surface area contributed by atoms with Crippen LogP contribution in [0.4, 0.5) is 4.79 Å². The molecule has 1 aromatic carbocycles. The Morgan fingerprint density at radius 1 is 1.21 bits per heavy atom. The maximum atomic E-state index is 12.7. The van der Waals surface area contributed by atoms with E-state index >= 15 is 0 Å². The molecule has 1 aliphatic rings. The number of amides is 4. The predicted molar refractivity (Wildman–Crippen MR) is 90.3 cm³/mol. The summed E-state index contributed by atoms with van der Waals surface area (Å²) in [5.74, 6) is -0.760. The third kappa shape index (κ3) is 3.73. The standard InChI is InChI=1S/C17H24N4O3/c1-12-5-7-13(8-6-12)17(2)15(23)21(16(24)20-17)11-14(22)19-10-4-9-18-3/h5-8,18H,4,9-11H2,1-3H3,(H,19,22)(H,20,24). The summed E-state index contributed by atoms with van der Waals surface area (Å²) in [6.07, 6.45) is 0.781. The van der Waals surface area contributed by atoms with Crippen molar-refractivity contribution in [3.05, 3.63) is 35.4 Å². The fourth-order valence-corrected chi connectivity index (χ4v) is 2.62. The predicted octanol–water partition coefficient (Wildman–Crippen LogP) is 0.488. The average Bonchev–Trinajstić information content (AvgIpc) is 2.76. The molecule has 1 atom stereocenters. The largest absolute Gasteiger partial charge is 0.354 e. The third-order valence-electron chi connectivity index (χ3n) is 4.13. The number of benzene rings is 1. The number of aryl methyl sites for hydroxylation is 1. The van der Waals surface area contributed by atoms with Gasteiger partial charge in [0.05, 0.1) is 0 Å². The molecule has 3 N–H and O–H groups in total. The van der Waals surface area contributed by atoms with Crippen molar-refractivity contribution in [1.29, 1.82) is 0 Å². The molecule has 0 bridgehead atoms. The summed E-state index contributed by atoms with van der Waals surface area (Å²) in [6, 6.07) is 6.85. The van der Waals surface area contributed by atoms with Crippen LogP contribution in [0, 0.1) is 6.92 Å². The van der Waals surface area contributed by atoms with Crippen LogP contribution >= 0.6 is 0 Å². The van der Waals surface area contributed by atoms with Gasteiger partial charge in [0.15, 0.2) is 0 Å². The van der Waals surface area contributed by atoms with Gasteiger partial charge in [0.2, 0.25) is 5.91 Å². The van der Waals surface area contributed by atoms with Crippen LogP contribution in [0.25, 0.3) is 0 Å². The molecule has 130 valence electrons. The second kappa shape index (κ2) is 7.44. The summed E-state index contributed by atoms with van der Waals surface area (Å²) in [5, 5.41) is 8.38. The summed E-state index contributed by atoms with van der Waals surface area (Å²) in [7, 11) is 1.83. The van der Waals surface area contributed by atoms with Crippen LogP contribution in [0.1, 0.15) is 24.5 Å². The Bertz CT molecular complexity index is 629. The molecule has 1 fully saturated rings. The maximum absolute atomic E-state index is 12.7. The lowest BCUT2D eigenvalue weighted by atomic mass is 9.91. The van der Waals surface area contributed by atoms with Crippen LogP contribution in [0.5, 0.6) is 0 Å². The fourth-order valence-electron chi connectivity index (χ4n) is 2.62. The Morgan fingerprint density at radius 2 is 1.88 bits per heavy atom. The van der Waals surface area contributed by atoms with Crippen LogP contribution in [-0.4, -0.2) is 49.4 Å². The third-order valence-corrected chi connectivity index (χ3v) is 4.13. The van der Waals surface area contributed by atoms with Crippen molar-refractivity contribution in [2.75, 3.05) is 26.7 Å². The van der Waals surface area contributed by atoms with E-state index in [0.29, 0.717) is 12.1 Å². The minimum absolute atomic E-state index is 0.272. The molecule has 7 heteroatoms. The zero-order valence-corrected chi connectivity index (χ0v) is 14.3. The molecule has 7 nitrogen and oxygen atoms in total. The molecule has 2 rings (SSSR count). The van der Waals surface area contributed by atoms with E-state index in [1.54, 1.807) is 6.92 Å². The number of nitrogens with zero attached hydrogens (tertiary/aromatic N) is 1. The average molecular weight is 332 g/mol. The van der Waals surface area contributed by atoms with Crippen LogP contribution in [0.2, 0.25) is 0 Å². The van der Waals surface area contributed by atoms with Gasteiger partial charge in [-0.15, -0.1) is 0 Å². The van der Waals surface area contributed by atoms with Gasteiger partial charge >= 0.3 is 6.03 Å². The van der Waals surface area contributed by atoms with Gasteiger partial charge in [-0.2, -0.15) is 0 Å². The molecule has 1 heterocycles. The van der Waals surface area contributed by atoms with Gasteiger partial charge in [-0.25, -0.2) is 4.79 Å². The molecule has 1 aliphatic heterocycles. The molecular formula is C17H24N4O3. The van der Waals surface area contributed by atoms with Crippen molar-refractivity contribution in [1.82, 2.24) is 20.9 Å². The van der Waals surface area contributed by atoms with Crippen LogP contribution in [-0.2, 0) is 15.1 Å². The van der Waals surface area contributed by atoms with Gasteiger partial charge in [-0.05, 0) is 39.4 Å².